The van der Waals surface area contributed by atoms with Crippen LogP contribution in [0.4, 0.5) is 5.69 Å². The van der Waals surface area contributed by atoms with E-state index in [0.29, 0.717) is 5.75 Å². The predicted octanol–water partition coefficient (Wildman–Crippen LogP) is 5.02. The summed E-state index contributed by atoms with van der Waals surface area (Å²) in [5.41, 5.74) is 0.743. The fourth-order valence-electron chi connectivity index (χ4n) is 2.89. The molecule has 0 amide bonds. The van der Waals surface area contributed by atoms with E-state index < -0.39 is 16.7 Å². The van der Waals surface area contributed by atoms with Crippen LogP contribution in [0.25, 0.3) is 0 Å². The third kappa shape index (κ3) is 5.26. The van der Waals surface area contributed by atoms with E-state index in [-0.39, 0.29) is 40.6 Å². The van der Waals surface area contributed by atoms with Crippen molar-refractivity contribution in [1.82, 2.24) is 0 Å². The number of rotatable bonds is 8. The Labute approximate surface area is 183 Å². The summed E-state index contributed by atoms with van der Waals surface area (Å²) in [6, 6.07) is 17.3. The first-order valence-electron chi connectivity index (χ1n) is 9.31. The molecule has 0 heterocycles. The lowest BCUT2D eigenvalue weighted by molar-refractivity contribution is -0.384. The van der Waals surface area contributed by atoms with Gasteiger partial charge in [0.1, 0.15) is 24.0 Å². The van der Waals surface area contributed by atoms with Gasteiger partial charge in [0.15, 0.2) is 5.78 Å². The van der Waals surface area contributed by atoms with Gasteiger partial charge in [-0.2, -0.15) is 0 Å². The van der Waals surface area contributed by atoms with E-state index in [1.807, 2.05) is 31.2 Å². The van der Waals surface area contributed by atoms with Crippen LogP contribution in [-0.2, 0) is 4.74 Å². The Kier molecular flexibility index (Phi) is 6.99. The molecule has 7 nitrogen and oxygen atoms in total. The van der Waals surface area contributed by atoms with Crippen LogP contribution in [0.5, 0.6) is 5.75 Å². The van der Waals surface area contributed by atoms with E-state index in [4.69, 9.17) is 21.1 Å². The highest BCUT2D eigenvalue weighted by atomic mass is 35.5. The molecule has 0 radical (unpaired) electrons. The van der Waals surface area contributed by atoms with Crippen molar-refractivity contribution in [3.8, 4) is 5.75 Å². The van der Waals surface area contributed by atoms with Crippen LogP contribution in [0, 0.1) is 17.0 Å². The Morgan fingerprint density at radius 2 is 1.65 bits per heavy atom. The van der Waals surface area contributed by atoms with Crippen LogP contribution in [-0.4, -0.2) is 29.9 Å². The number of nitrogens with zero attached hydrogens (tertiary/aromatic N) is 1. The average molecular weight is 440 g/mol. The molecule has 0 atom stereocenters. The summed E-state index contributed by atoms with van der Waals surface area (Å²) in [4.78, 5) is 35.9. The number of esters is 1. The molecule has 3 aromatic carbocycles. The maximum Gasteiger partial charge on any atom is 0.339 e. The zero-order valence-corrected chi connectivity index (χ0v) is 17.3. The molecule has 0 bridgehead atoms. The van der Waals surface area contributed by atoms with Gasteiger partial charge < -0.3 is 9.47 Å². The predicted molar refractivity (Wildman–Crippen MR) is 115 cm³/mol. The first kappa shape index (κ1) is 22.0. The highest BCUT2D eigenvalue weighted by molar-refractivity contribution is 6.33. The SMILES string of the molecule is Cc1ccccc1OCCOC(=O)c1ccccc1C(=O)c1ccc(Cl)c([N+](=O)[O-])c1. The average Bonchev–Trinajstić information content (AvgIpc) is 2.77. The van der Waals surface area contributed by atoms with E-state index in [1.165, 1.54) is 24.3 Å². The molecule has 0 N–H and O–H groups in total. The second kappa shape index (κ2) is 9.86. The number of hydrogen-bond donors (Lipinski definition) is 0. The molecule has 0 unspecified atom stereocenters. The van der Waals surface area contributed by atoms with Gasteiger partial charge in [-0.1, -0.05) is 48.0 Å². The van der Waals surface area contributed by atoms with Gasteiger partial charge >= 0.3 is 5.97 Å². The summed E-state index contributed by atoms with van der Waals surface area (Å²) in [6.07, 6.45) is 0. The zero-order valence-electron chi connectivity index (χ0n) is 16.5. The monoisotopic (exact) mass is 439 g/mol. The van der Waals surface area contributed by atoms with Crippen LogP contribution in [0.2, 0.25) is 5.02 Å². The smallest absolute Gasteiger partial charge is 0.339 e. The number of ether oxygens (including phenoxy) is 2. The van der Waals surface area contributed by atoms with Crippen molar-refractivity contribution in [2.75, 3.05) is 13.2 Å². The second-order valence-electron chi connectivity index (χ2n) is 6.55. The molecule has 3 rings (SSSR count). The molecule has 0 aromatic heterocycles. The summed E-state index contributed by atoms with van der Waals surface area (Å²) in [5, 5.41) is 11.0. The van der Waals surface area contributed by atoms with Crippen molar-refractivity contribution in [2.24, 2.45) is 0 Å². The number of benzene rings is 3. The molecule has 3 aromatic rings. The van der Waals surface area contributed by atoms with E-state index in [1.54, 1.807) is 12.1 Å². The lowest BCUT2D eigenvalue weighted by atomic mass is 9.98. The molecule has 158 valence electrons. The Bertz CT molecular complexity index is 1140. The number of nitro groups is 1. The van der Waals surface area contributed by atoms with Crippen LogP contribution in [0.15, 0.2) is 66.7 Å². The molecule has 0 saturated heterocycles. The third-order valence-electron chi connectivity index (χ3n) is 4.46. The molecule has 0 fully saturated rings. The maximum absolute atomic E-state index is 12.9. The lowest BCUT2D eigenvalue weighted by Crippen LogP contribution is -2.16. The van der Waals surface area contributed by atoms with E-state index in [9.17, 15) is 19.7 Å². The molecule has 31 heavy (non-hydrogen) atoms. The minimum atomic E-state index is -0.694. The Morgan fingerprint density at radius 3 is 2.35 bits per heavy atom. The Hall–Kier alpha value is -3.71. The third-order valence-corrected chi connectivity index (χ3v) is 4.78. The Balaban J connectivity index is 1.71. The number of halogens is 1. The number of carbonyl (C=O) groups is 2. The van der Waals surface area contributed by atoms with Crippen LogP contribution in [0.3, 0.4) is 0 Å². The van der Waals surface area contributed by atoms with Gasteiger partial charge in [-0.3, -0.25) is 14.9 Å². The normalized spacial score (nSPS) is 10.4. The largest absolute Gasteiger partial charge is 0.490 e. The summed E-state index contributed by atoms with van der Waals surface area (Å²) < 4.78 is 10.8. The standard InChI is InChI=1S/C23H18ClNO6/c1-15-6-2-5-9-21(15)30-12-13-31-23(27)18-8-4-3-7-17(18)22(26)16-10-11-19(24)20(14-16)25(28)29/h2-11,14H,12-13H2,1H3. The zero-order chi connectivity index (χ0) is 22.4. The van der Waals surface area contributed by atoms with E-state index in [2.05, 4.69) is 0 Å². The number of aryl methyl sites for hydroxylation is 1. The molecule has 0 spiro atoms. The summed E-state index contributed by atoms with van der Waals surface area (Å²) in [6.45, 7) is 2.04. The van der Waals surface area contributed by atoms with Gasteiger partial charge in [0.2, 0.25) is 0 Å². The first-order valence-corrected chi connectivity index (χ1v) is 9.69. The fraction of sp³-hybridized carbons (Fsp3) is 0.130. The fourth-order valence-corrected chi connectivity index (χ4v) is 3.08. The van der Waals surface area contributed by atoms with Gasteiger partial charge in [-0.15, -0.1) is 0 Å². The highest BCUT2D eigenvalue weighted by Crippen LogP contribution is 2.27. The quantitative estimate of drug-likeness (QED) is 0.161. The number of carbonyl (C=O) groups excluding carboxylic acids is 2. The minimum Gasteiger partial charge on any atom is -0.490 e. The topological polar surface area (TPSA) is 95.7 Å². The van der Waals surface area contributed by atoms with Crippen molar-refractivity contribution in [3.63, 3.8) is 0 Å². The van der Waals surface area contributed by atoms with Crippen LogP contribution in [0.1, 0.15) is 31.8 Å². The molecular formula is C23H18ClNO6. The van der Waals surface area contributed by atoms with Crippen LogP contribution < -0.4 is 4.74 Å². The highest BCUT2D eigenvalue weighted by Gasteiger charge is 2.22. The molecule has 8 heteroatoms. The summed E-state index contributed by atoms with van der Waals surface area (Å²) in [5.74, 6) is -0.553. The number of hydrogen-bond acceptors (Lipinski definition) is 6. The van der Waals surface area contributed by atoms with Crippen molar-refractivity contribution in [1.29, 1.82) is 0 Å². The molecule has 0 aliphatic rings. The molecule has 0 aliphatic heterocycles. The van der Waals surface area contributed by atoms with Crippen molar-refractivity contribution < 1.29 is 24.0 Å². The van der Waals surface area contributed by atoms with Crippen molar-refractivity contribution >= 4 is 29.0 Å². The van der Waals surface area contributed by atoms with Gasteiger partial charge in [-0.05, 0) is 36.8 Å². The minimum absolute atomic E-state index is 0.0118. The molecule has 0 saturated carbocycles. The van der Waals surface area contributed by atoms with Crippen molar-refractivity contribution in [3.05, 3.63) is 104 Å². The summed E-state index contributed by atoms with van der Waals surface area (Å²) in [7, 11) is 0. The second-order valence-corrected chi connectivity index (χ2v) is 6.96. The summed E-state index contributed by atoms with van der Waals surface area (Å²) >= 11 is 5.81. The number of ketones is 1. The maximum atomic E-state index is 12.9. The van der Waals surface area contributed by atoms with Crippen LogP contribution >= 0.6 is 11.6 Å². The first-order chi connectivity index (χ1) is 14.9. The lowest BCUT2D eigenvalue weighted by Gasteiger charge is -2.11. The van der Waals surface area contributed by atoms with Gasteiger partial charge in [-0.25, -0.2) is 4.79 Å². The molecular weight excluding hydrogens is 422 g/mol. The van der Waals surface area contributed by atoms with E-state index in [0.717, 1.165) is 11.6 Å². The van der Waals surface area contributed by atoms with Gasteiger partial charge in [0, 0.05) is 17.2 Å². The van der Waals surface area contributed by atoms with E-state index >= 15 is 0 Å². The number of nitro benzene ring substituents is 1. The number of para-hydroxylation sites is 1. The van der Waals surface area contributed by atoms with Crippen molar-refractivity contribution in [2.45, 2.75) is 6.92 Å². The van der Waals surface area contributed by atoms with Gasteiger partial charge in [0.25, 0.3) is 5.69 Å². The Morgan fingerprint density at radius 1 is 0.968 bits per heavy atom. The molecule has 0 aliphatic carbocycles. The van der Waals surface area contributed by atoms with Gasteiger partial charge in [0.05, 0.1) is 10.5 Å².